The van der Waals surface area contributed by atoms with Crippen molar-refractivity contribution in [2.24, 2.45) is 0 Å². The van der Waals surface area contributed by atoms with E-state index in [1.807, 2.05) is 18.2 Å². The van der Waals surface area contributed by atoms with E-state index in [1.54, 1.807) is 0 Å². The van der Waals surface area contributed by atoms with E-state index < -0.39 is 0 Å². The van der Waals surface area contributed by atoms with Crippen LogP contribution < -0.4 is 9.47 Å². The molecule has 0 amide bonds. The second-order valence-corrected chi connectivity index (χ2v) is 13.5. The van der Waals surface area contributed by atoms with Crippen LogP contribution in [0, 0.1) is 0 Å². The Labute approximate surface area is 287 Å². The van der Waals surface area contributed by atoms with Crippen molar-refractivity contribution in [2.45, 2.75) is 200 Å². The maximum atomic E-state index is 9.60. The zero-order valence-corrected chi connectivity index (χ0v) is 30.7. The molecule has 0 aliphatic carbocycles. The van der Waals surface area contributed by atoms with Crippen LogP contribution in [0.1, 0.15) is 199 Å². The fourth-order valence-electron chi connectivity index (χ4n) is 5.95. The predicted octanol–water partition coefficient (Wildman–Crippen LogP) is 14.0. The van der Waals surface area contributed by atoms with E-state index in [4.69, 9.17) is 9.47 Å². The molecular formula is C43H76O3. The van der Waals surface area contributed by atoms with Gasteiger partial charge in [-0.1, -0.05) is 160 Å². The summed E-state index contributed by atoms with van der Waals surface area (Å²) < 4.78 is 12.2. The van der Waals surface area contributed by atoms with Crippen molar-refractivity contribution >= 4 is 0 Å². The third-order valence-electron chi connectivity index (χ3n) is 9.02. The minimum atomic E-state index is 0.0276. The third kappa shape index (κ3) is 27.4. The van der Waals surface area contributed by atoms with Gasteiger partial charge in [-0.05, 0) is 81.9 Å². The number of hydrogen-bond acceptors (Lipinski definition) is 3. The highest BCUT2D eigenvalue weighted by atomic mass is 16.5. The van der Waals surface area contributed by atoms with Crippen LogP contribution >= 0.6 is 0 Å². The normalized spacial score (nSPS) is 11.7. The summed E-state index contributed by atoms with van der Waals surface area (Å²) in [7, 11) is 0. The third-order valence-corrected chi connectivity index (χ3v) is 9.02. The molecule has 3 heteroatoms. The molecule has 46 heavy (non-hydrogen) atoms. The lowest BCUT2D eigenvalue weighted by atomic mass is 10.1. The molecule has 0 saturated carbocycles. The molecule has 0 aliphatic heterocycles. The fourth-order valence-corrected chi connectivity index (χ4v) is 5.95. The molecule has 1 rings (SSSR count). The average Bonchev–Trinajstić information content (AvgIpc) is 3.07. The van der Waals surface area contributed by atoms with Gasteiger partial charge in [-0.15, -0.1) is 0 Å². The van der Waals surface area contributed by atoms with Crippen LogP contribution in [-0.4, -0.2) is 18.3 Å². The van der Waals surface area contributed by atoms with E-state index in [0.29, 0.717) is 6.61 Å². The van der Waals surface area contributed by atoms with Crippen LogP contribution in [0.5, 0.6) is 11.5 Å². The number of unbranched alkanes of at least 4 members (excludes halogenated alkanes) is 24. The van der Waals surface area contributed by atoms with Crippen molar-refractivity contribution in [1.29, 1.82) is 0 Å². The number of hydrogen-bond donors (Lipinski definition) is 1. The van der Waals surface area contributed by atoms with E-state index in [-0.39, 0.29) is 6.61 Å². The standard InChI is InChI=1S/C43H76O3/c1-3-5-7-9-11-13-15-17-19-21-23-25-27-29-31-33-37-45-42-36-35-41(40-44)39-43(42)46-38-34-32-30-28-26-24-22-20-18-16-14-12-10-8-6-4-2/h17-20,35-36,39,44H,3-16,21-34,37-38,40H2,1-2H3. The number of benzene rings is 1. The first-order valence-electron chi connectivity index (χ1n) is 20.1. The van der Waals surface area contributed by atoms with Crippen molar-refractivity contribution in [2.75, 3.05) is 13.2 Å². The second kappa shape index (κ2) is 34.6. The van der Waals surface area contributed by atoms with Gasteiger partial charge in [-0.25, -0.2) is 0 Å². The average molecular weight is 641 g/mol. The summed E-state index contributed by atoms with van der Waals surface area (Å²) in [4.78, 5) is 0. The molecule has 0 saturated heterocycles. The van der Waals surface area contributed by atoms with Gasteiger partial charge in [-0.2, -0.15) is 0 Å². The topological polar surface area (TPSA) is 38.7 Å². The van der Waals surface area contributed by atoms with E-state index in [9.17, 15) is 5.11 Å². The molecule has 0 radical (unpaired) electrons. The van der Waals surface area contributed by atoms with Crippen LogP contribution in [0.4, 0.5) is 0 Å². The Kier molecular flexibility index (Phi) is 31.8. The van der Waals surface area contributed by atoms with Crippen LogP contribution in [0.25, 0.3) is 0 Å². The molecule has 1 aromatic carbocycles. The van der Waals surface area contributed by atoms with Crippen LogP contribution in [0.3, 0.4) is 0 Å². The number of ether oxygens (including phenoxy) is 2. The second-order valence-electron chi connectivity index (χ2n) is 13.5. The van der Waals surface area contributed by atoms with Gasteiger partial charge >= 0.3 is 0 Å². The van der Waals surface area contributed by atoms with Crippen molar-refractivity contribution in [1.82, 2.24) is 0 Å². The highest BCUT2D eigenvalue weighted by Gasteiger charge is 2.07. The Hall–Kier alpha value is -1.74. The summed E-state index contributed by atoms with van der Waals surface area (Å²) >= 11 is 0. The molecule has 0 fully saturated rings. The van der Waals surface area contributed by atoms with Gasteiger partial charge in [0.15, 0.2) is 11.5 Å². The number of aliphatic hydroxyl groups excluding tert-OH is 1. The lowest BCUT2D eigenvalue weighted by Crippen LogP contribution is -2.03. The SMILES string of the molecule is CCCCCCCCC=CCCCCCCCCOc1ccc(CO)cc1OCCCCCCCCC=CCCCCCCCC. The van der Waals surface area contributed by atoms with Gasteiger partial charge in [0.25, 0.3) is 0 Å². The number of aliphatic hydroxyl groups is 1. The summed E-state index contributed by atoms with van der Waals surface area (Å²) in [6.45, 7) is 6.03. The molecule has 0 unspecified atom stereocenters. The smallest absolute Gasteiger partial charge is 0.161 e. The minimum absolute atomic E-state index is 0.0276. The predicted molar refractivity (Wildman–Crippen MR) is 202 cm³/mol. The first-order chi connectivity index (χ1) is 22.8. The molecule has 0 aromatic heterocycles. The fraction of sp³-hybridized carbons (Fsp3) is 0.767. The largest absolute Gasteiger partial charge is 0.490 e. The zero-order chi connectivity index (χ0) is 33.0. The quantitative estimate of drug-likeness (QED) is 0.0592. The molecular weight excluding hydrogens is 564 g/mol. The molecule has 0 aliphatic rings. The van der Waals surface area contributed by atoms with Gasteiger partial charge in [0, 0.05) is 0 Å². The highest BCUT2D eigenvalue weighted by molar-refractivity contribution is 5.42. The van der Waals surface area contributed by atoms with E-state index in [1.165, 1.54) is 167 Å². The van der Waals surface area contributed by atoms with Gasteiger partial charge in [-0.3, -0.25) is 0 Å². The van der Waals surface area contributed by atoms with Crippen LogP contribution in [-0.2, 0) is 6.61 Å². The Balaban J connectivity index is 2.03. The molecule has 266 valence electrons. The Morgan fingerprint density at radius 2 is 0.783 bits per heavy atom. The molecule has 0 atom stereocenters. The first-order valence-corrected chi connectivity index (χ1v) is 20.1. The monoisotopic (exact) mass is 641 g/mol. The number of allylic oxidation sites excluding steroid dienone is 4. The van der Waals surface area contributed by atoms with Gasteiger partial charge in [0.1, 0.15) is 0 Å². The molecule has 0 bridgehead atoms. The van der Waals surface area contributed by atoms with Crippen LogP contribution in [0.2, 0.25) is 0 Å². The highest BCUT2D eigenvalue weighted by Crippen LogP contribution is 2.29. The molecule has 0 heterocycles. The molecule has 1 aromatic rings. The zero-order valence-electron chi connectivity index (χ0n) is 30.7. The Morgan fingerprint density at radius 3 is 1.17 bits per heavy atom. The maximum Gasteiger partial charge on any atom is 0.161 e. The van der Waals surface area contributed by atoms with Crippen LogP contribution in [0.15, 0.2) is 42.5 Å². The summed E-state index contributed by atoms with van der Waals surface area (Å²) in [6.07, 6.45) is 46.3. The van der Waals surface area contributed by atoms with Gasteiger partial charge < -0.3 is 14.6 Å². The summed E-state index contributed by atoms with van der Waals surface area (Å²) in [5.74, 6) is 1.60. The lowest BCUT2D eigenvalue weighted by molar-refractivity contribution is 0.254. The van der Waals surface area contributed by atoms with Crippen molar-refractivity contribution < 1.29 is 14.6 Å². The molecule has 0 spiro atoms. The van der Waals surface area contributed by atoms with Crippen molar-refractivity contribution in [3.63, 3.8) is 0 Å². The maximum absolute atomic E-state index is 9.60. The van der Waals surface area contributed by atoms with Gasteiger partial charge in [0.05, 0.1) is 19.8 Å². The van der Waals surface area contributed by atoms with Crippen molar-refractivity contribution in [3.8, 4) is 11.5 Å². The summed E-state index contributed by atoms with van der Waals surface area (Å²) in [5, 5.41) is 9.60. The lowest BCUT2D eigenvalue weighted by Gasteiger charge is -2.14. The first kappa shape index (κ1) is 42.3. The number of rotatable bonds is 35. The van der Waals surface area contributed by atoms with Gasteiger partial charge in [0.2, 0.25) is 0 Å². The minimum Gasteiger partial charge on any atom is -0.490 e. The van der Waals surface area contributed by atoms with E-state index in [0.717, 1.165) is 36.5 Å². The molecule has 1 N–H and O–H groups in total. The Morgan fingerprint density at radius 1 is 0.435 bits per heavy atom. The Bertz CT molecular complexity index is 814. The molecule has 3 nitrogen and oxygen atoms in total. The van der Waals surface area contributed by atoms with E-state index >= 15 is 0 Å². The summed E-state index contributed by atoms with van der Waals surface area (Å²) in [6, 6.07) is 5.84. The summed E-state index contributed by atoms with van der Waals surface area (Å²) in [5.41, 5.74) is 0.876. The van der Waals surface area contributed by atoms with E-state index in [2.05, 4.69) is 38.2 Å². The van der Waals surface area contributed by atoms with Crippen molar-refractivity contribution in [3.05, 3.63) is 48.1 Å².